The van der Waals surface area contributed by atoms with E-state index in [-0.39, 0.29) is 11.3 Å². The van der Waals surface area contributed by atoms with Gasteiger partial charge in [-0.05, 0) is 55.2 Å². The van der Waals surface area contributed by atoms with Gasteiger partial charge in [-0.15, -0.1) is 0 Å². The number of carbonyl (C=O) groups excluding carboxylic acids is 2. The summed E-state index contributed by atoms with van der Waals surface area (Å²) >= 11 is 0. The second-order valence-electron chi connectivity index (χ2n) is 8.92. The van der Waals surface area contributed by atoms with Crippen molar-refractivity contribution in [3.8, 4) is 0 Å². The summed E-state index contributed by atoms with van der Waals surface area (Å²) in [7, 11) is 0. The quantitative estimate of drug-likeness (QED) is 0.363. The van der Waals surface area contributed by atoms with Crippen molar-refractivity contribution in [3.63, 3.8) is 0 Å². The van der Waals surface area contributed by atoms with E-state index in [1.807, 2.05) is 17.0 Å². The molecule has 0 saturated carbocycles. The highest BCUT2D eigenvalue weighted by Crippen LogP contribution is 2.32. The Kier molecular flexibility index (Phi) is 7.81. The number of nitro benzene ring substituents is 1. The summed E-state index contributed by atoms with van der Waals surface area (Å²) < 4.78 is 10.5. The molecule has 1 amide bonds. The number of hydrogen-bond donors (Lipinski definition) is 1. The molecule has 1 N–H and O–H groups in total. The summed E-state index contributed by atoms with van der Waals surface area (Å²) in [6, 6.07) is 11.7. The average Bonchev–Trinajstić information content (AvgIpc) is 2.88. The molecule has 10 nitrogen and oxygen atoms in total. The lowest BCUT2D eigenvalue weighted by Crippen LogP contribution is -2.36. The first-order valence-corrected chi connectivity index (χ1v) is 11.8. The number of ether oxygens (including phenoxy) is 2. The van der Waals surface area contributed by atoms with Gasteiger partial charge in [0, 0.05) is 43.6 Å². The molecule has 0 aliphatic carbocycles. The summed E-state index contributed by atoms with van der Waals surface area (Å²) in [5.74, 6) is -0.836. The van der Waals surface area contributed by atoms with Crippen LogP contribution in [0.15, 0.2) is 42.5 Å². The lowest BCUT2D eigenvalue weighted by Gasteiger charge is -2.32. The van der Waals surface area contributed by atoms with E-state index in [9.17, 15) is 19.7 Å². The molecule has 2 heterocycles. The molecule has 2 saturated heterocycles. The van der Waals surface area contributed by atoms with Crippen LogP contribution in [-0.2, 0) is 14.3 Å². The molecule has 35 heavy (non-hydrogen) atoms. The van der Waals surface area contributed by atoms with E-state index in [1.165, 1.54) is 12.1 Å². The van der Waals surface area contributed by atoms with Crippen LogP contribution in [0.25, 0.3) is 0 Å². The summed E-state index contributed by atoms with van der Waals surface area (Å²) in [4.78, 5) is 40.1. The van der Waals surface area contributed by atoms with Gasteiger partial charge in [-0.25, -0.2) is 4.79 Å². The van der Waals surface area contributed by atoms with E-state index in [0.29, 0.717) is 30.5 Å². The largest absolute Gasteiger partial charge is 0.452 e. The van der Waals surface area contributed by atoms with Crippen LogP contribution in [-0.4, -0.2) is 62.8 Å². The third-order valence-corrected chi connectivity index (χ3v) is 6.27. The highest BCUT2D eigenvalue weighted by Gasteiger charge is 2.25. The summed E-state index contributed by atoms with van der Waals surface area (Å²) in [5, 5.41) is 14.4. The molecule has 10 heteroatoms. The van der Waals surface area contributed by atoms with Crippen molar-refractivity contribution in [2.45, 2.75) is 19.8 Å². The fourth-order valence-corrected chi connectivity index (χ4v) is 4.46. The molecular weight excluding hydrogens is 452 g/mol. The van der Waals surface area contributed by atoms with Gasteiger partial charge in [0.1, 0.15) is 5.69 Å². The number of amides is 1. The standard InChI is InChI=1S/C25H30N4O6/c1-18-3-2-10-28(16-18)22-9-4-19(15-23(22)29(32)33)25(31)35-17-24(30)26-20-5-7-21(8-6-20)27-11-13-34-14-12-27/h4-9,15,18H,2-3,10-14,16-17H2,1H3,(H,26,30)/t18-/m0/s1. The molecule has 0 radical (unpaired) electrons. The smallest absolute Gasteiger partial charge is 0.338 e. The molecule has 4 rings (SSSR count). The van der Waals surface area contributed by atoms with Gasteiger partial charge in [0.25, 0.3) is 11.6 Å². The zero-order valence-electron chi connectivity index (χ0n) is 19.8. The number of hydrogen-bond acceptors (Lipinski definition) is 8. The Morgan fingerprint density at radius 2 is 1.86 bits per heavy atom. The van der Waals surface area contributed by atoms with Gasteiger partial charge < -0.3 is 24.6 Å². The fraction of sp³-hybridized carbons (Fsp3) is 0.440. The molecular formula is C25H30N4O6. The lowest BCUT2D eigenvalue weighted by atomic mass is 9.99. The number of anilines is 3. The second kappa shape index (κ2) is 11.2. The number of carbonyl (C=O) groups is 2. The van der Waals surface area contributed by atoms with Crippen LogP contribution in [0.2, 0.25) is 0 Å². The maximum atomic E-state index is 12.5. The van der Waals surface area contributed by atoms with Gasteiger partial charge in [-0.3, -0.25) is 14.9 Å². The first-order valence-electron chi connectivity index (χ1n) is 11.8. The van der Waals surface area contributed by atoms with E-state index < -0.39 is 23.4 Å². The van der Waals surface area contributed by atoms with Crippen molar-refractivity contribution in [2.75, 3.05) is 61.1 Å². The second-order valence-corrected chi connectivity index (χ2v) is 8.92. The molecule has 2 aromatic carbocycles. The zero-order chi connectivity index (χ0) is 24.8. The SMILES string of the molecule is C[C@H]1CCCN(c2ccc(C(=O)OCC(=O)Nc3ccc(N4CCOCC4)cc3)cc2[N+](=O)[O-])C1. The molecule has 0 bridgehead atoms. The summed E-state index contributed by atoms with van der Waals surface area (Å²) in [5.41, 5.74) is 2.02. The van der Waals surface area contributed by atoms with Crippen molar-refractivity contribution in [2.24, 2.45) is 5.92 Å². The Hall–Kier alpha value is -3.66. The molecule has 2 fully saturated rings. The molecule has 186 valence electrons. The Bertz CT molecular complexity index is 1070. The summed E-state index contributed by atoms with van der Waals surface area (Å²) in [6.07, 6.45) is 2.06. The predicted octanol–water partition coefficient (Wildman–Crippen LogP) is 3.46. The van der Waals surface area contributed by atoms with Gasteiger partial charge in [-0.2, -0.15) is 0 Å². The van der Waals surface area contributed by atoms with Crippen LogP contribution >= 0.6 is 0 Å². The first kappa shape index (κ1) is 24.5. The summed E-state index contributed by atoms with van der Waals surface area (Å²) in [6.45, 7) is 6.10. The van der Waals surface area contributed by atoms with Crippen LogP contribution in [0.5, 0.6) is 0 Å². The number of piperidine rings is 1. The minimum Gasteiger partial charge on any atom is -0.452 e. The molecule has 2 aliphatic rings. The number of nitrogens with zero attached hydrogens (tertiary/aromatic N) is 3. The highest BCUT2D eigenvalue weighted by molar-refractivity contribution is 5.96. The minimum atomic E-state index is -0.788. The van der Waals surface area contributed by atoms with Crippen molar-refractivity contribution in [1.29, 1.82) is 0 Å². The minimum absolute atomic E-state index is 0.0353. The maximum Gasteiger partial charge on any atom is 0.338 e. The van der Waals surface area contributed by atoms with Crippen LogP contribution in [0.3, 0.4) is 0 Å². The van der Waals surface area contributed by atoms with Gasteiger partial charge in [0.15, 0.2) is 6.61 Å². The number of esters is 1. The van der Waals surface area contributed by atoms with E-state index >= 15 is 0 Å². The first-order chi connectivity index (χ1) is 16.9. The van der Waals surface area contributed by atoms with Crippen molar-refractivity contribution in [3.05, 3.63) is 58.1 Å². The van der Waals surface area contributed by atoms with E-state index in [1.54, 1.807) is 18.2 Å². The van der Waals surface area contributed by atoms with Gasteiger partial charge in [0.05, 0.1) is 23.7 Å². The number of benzene rings is 2. The van der Waals surface area contributed by atoms with Crippen LogP contribution in [0.1, 0.15) is 30.1 Å². The van der Waals surface area contributed by atoms with Crippen LogP contribution in [0.4, 0.5) is 22.7 Å². The Labute approximate surface area is 203 Å². The van der Waals surface area contributed by atoms with Crippen molar-refractivity contribution in [1.82, 2.24) is 0 Å². The van der Waals surface area contributed by atoms with Crippen LogP contribution in [0, 0.1) is 16.0 Å². The number of nitrogens with one attached hydrogen (secondary N) is 1. The lowest BCUT2D eigenvalue weighted by molar-refractivity contribution is -0.384. The molecule has 2 aromatic rings. The number of rotatable bonds is 7. The topological polar surface area (TPSA) is 114 Å². The normalized spacial score (nSPS) is 18.1. The third kappa shape index (κ3) is 6.27. The van der Waals surface area contributed by atoms with Crippen molar-refractivity contribution >= 4 is 34.6 Å². The molecule has 1 atom stereocenters. The van der Waals surface area contributed by atoms with E-state index in [0.717, 1.165) is 44.7 Å². The molecule has 0 aromatic heterocycles. The monoisotopic (exact) mass is 482 g/mol. The highest BCUT2D eigenvalue weighted by atomic mass is 16.6. The van der Waals surface area contributed by atoms with Gasteiger partial charge in [0.2, 0.25) is 0 Å². The Morgan fingerprint density at radius 1 is 1.11 bits per heavy atom. The average molecular weight is 483 g/mol. The van der Waals surface area contributed by atoms with Gasteiger partial charge in [-0.1, -0.05) is 6.92 Å². The number of morpholine rings is 1. The van der Waals surface area contributed by atoms with Gasteiger partial charge >= 0.3 is 5.97 Å². The molecule has 0 unspecified atom stereocenters. The maximum absolute atomic E-state index is 12.5. The zero-order valence-corrected chi connectivity index (χ0v) is 19.8. The third-order valence-electron chi connectivity index (χ3n) is 6.27. The predicted molar refractivity (Wildman–Crippen MR) is 132 cm³/mol. The van der Waals surface area contributed by atoms with E-state index in [4.69, 9.17) is 9.47 Å². The van der Waals surface area contributed by atoms with Crippen LogP contribution < -0.4 is 15.1 Å². The molecule has 2 aliphatic heterocycles. The van der Waals surface area contributed by atoms with Crippen molar-refractivity contribution < 1.29 is 24.0 Å². The van der Waals surface area contributed by atoms with E-state index in [2.05, 4.69) is 17.1 Å². The molecule has 0 spiro atoms. The number of nitro groups is 1. The Balaban J connectivity index is 1.33. The fourth-order valence-electron chi connectivity index (χ4n) is 4.46. The Morgan fingerprint density at radius 3 is 2.54 bits per heavy atom.